The average Bonchev–Trinajstić information content (AvgIpc) is 2.34. The van der Waals surface area contributed by atoms with Gasteiger partial charge in [0.25, 0.3) is 6.43 Å². The molecule has 14 heavy (non-hydrogen) atoms. The van der Waals surface area contributed by atoms with Crippen LogP contribution in [0, 0.1) is 0 Å². The minimum Gasteiger partial charge on any atom is -0.294 e. The normalized spacial score (nSPS) is 18.3. The molecule has 0 aliphatic carbocycles. The van der Waals surface area contributed by atoms with Crippen LogP contribution < -0.4 is 0 Å². The van der Waals surface area contributed by atoms with Crippen LogP contribution in [0.15, 0.2) is 11.6 Å². The summed E-state index contributed by atoms with van der Waals surface area (Å²) in [7, 11) is 0. The molecule has 84 valence electrons. The third-order valence-corrected chi connectivity index (χ3v) is 2.14. The Morgan fingerprint density at radius 3 is 2.64 bits per heavy atom. The van der Waals surface area contributed by atoms with Crippen LogP contribution >= 0.6 is 0 Å². The molecule has 0 bridgehead atoms. The SMILES string of the molecule is CC.CC1=CCN(CC(F)F)CCC1. The first kappa shape index (κ1) is 13.6. The van der Waals surface area contributed by atoms with Crippen LogP contribution in [0.1, 0.15) is 33.6 Å². The van der Waals surface area contributed by atoms with Gasteiger partial charge >= 0.3 is 0 Å². The first-order valence-corrected chi connectivity index (χ1v) is 5.34. The molecule has 0 N–H and O–H groups in total. The molecule has 0 aromatic heterocycles. The predicted molar refractivity (Wildman–Crippen MR) is 56.8 cm³/mol. The highest BCUT2D eigenvalue weighted by molar-refractivity contribution is 5.01. The highest BCUT2D eigenvalue weighted by Crippen LogP contribution is 2.11. The topological polar surface area (TPSA) is 3.24 Å². The van der Waals surface area contributed by atoms with Crippen molar-refractivity contribution >= 4 is 0 Å². The zero-order chi connectivity index (χ0) is 11.0. The van der Waals surface area contributed by atoms with Gasteiger partial charge in [-0.05, 0) is 26.3 Å². The summed E-state index contributed by atoms with van der Waals surface area (Å²) in [6, 6.07) is 0. The third kappa shape index (κ3) is 6.08. The molecule has 0 saturated carbocycles. The zero-order valence-electron chi connectivity index (χ0n) is 9.39. The van der Waals surface area contributed by atoms with E-state index in [2.05, 4.69) is 13.0 Å². The highest BCUT2D eigenvalue weighted by Gasteiger charge is 2.12. The molecule has 1 aliphatic rings. The second-order valence-corrected chi connectivity index (χ2v) is 3.30. The maximum Gasteiger partial charge on any atom is 0.251 e. The molecular weight excluding hydrogens is 184 g/mol. The number of nitrogens with zero attached hydrogens (tertiary/aromatic N) is 1. The predicted octanol–water partition coefficient (Wildman–Crippen LogP) is 3.32. The van der Waals surface area contributed by atoms with E-state index in [1.807, 2.05) is 13.8 Å². The largest absolute Gasteiger partial charge is 0.294 e. The molecule has 0 atom stereocenters. The Bertz CT molecular complexity index is 167. The minimum absolute atomic E-state index is 0.0796. The van der Waals surface area contributed by atoms with E-state index < -0.39 is 6.43 Å². The standard InChI is InChI=1S/C9H15F2N.C2H6/c1-8-3-2-5-12(6-4-8)7-9(10)11;1-2/h4,9H,2-3,5-7H2,1H3;1-2H3. The Morgan fingerprint density at radius 1 is 1.43 bits per heavy atom. The molecule has 1 nitrogen and oxygen atoms in total. The monoisotopic (exact) mass is 205 g/mol. The summed E-state index contributed by atoms with van der Waals surface area (Å²) in [5, 5.41) is 0. The molecule has 0 aromatic rings. The van der Waals surface area contributed by atoms with Crippen molar-refractivity contribution in [1.29, 1.82) is 0 Å². The third-order valence-electron chi connectivity index (χ3n) is 2.14. The van der Waals surface area contributed by atoms with E-state index in [1.54, 1.807) is 4.90 Å². The lowest BCUT2D eigenvalue weighted by Gasteiger charge is -2.17. The summed E-state index contributed by atoms with van der Waals surface area (Å²) in [5.74, 6) is 0. The molecular formula is C11H21F2N. The van der Waals surface area contributed by atoms with Crippen molar-refractivity contribution in [2.24, 2.45) is 0 Å². The van der Waals surface area contributed by atoms with Gasteiger partial charge in [0, 0.05) is 6.54 Å². The Hall–Kier alpha value is -0.440. The van der Waals surface area contributed by atoms with Crippen molar-refractivity contribution in [1.82, 2.24) is 4.90 Å². The Morgan fingerprint density at radius 2 is 2.07 bits per heavy atom. The van der Waals surface area contributed by atoms with Gasteiger partial charge in [-0.15, -0.1) is 0 Å². The summed E-state index contributed by atoms with van der Waals surface area (Å²) in [5.41, 5.74) is 1.33. The first-order valence-electron chi connectivity index (χ1n) is 5.34. The van der Waals surface area contributed by atoms with Gasteiger partial charge in [-0.1, -0.05) is 25.5 Å². The molecule has 0 radical (unpaired) electrons. The van der Waals surface area contributed by atoms with E-state index in [4.69, 9.17) is 0 Å². The fourth-order valence-corrected chi connectivity index (χ4v) is 1.42. The molecule has 1 aliphatic heterocycles. The fourth-order valence-electron chi connectivity index (χ4n) is 1.42. The molecule has 3 heteroatoms. The highest BCUT2D eigenvalue weighted by atomic mass is 19.3. The van der Waals surface area contributed by atoms with Gasteiger partial charge in [-0.3, -0.25) is 4.90 Å². The molecule has 0 unspecified atom stereocenters. The van der Waals surface area contributed by atoms with Gasteiger partial charge in [0.1, 0.15) is 0 Å². The van der Waals surface area contributed by atoms with E-state index in [0.29, 0.717) is 6.54 Å². The van der Waals surface area contributed by atoms with Crippen molar-refractivity contribution in [3.63, 3.8) is 0 Å². The summed E-state index contributed by atoms with van der Waals surface area (Å²) in [6.45, 7) is 7.48. The number of alkyl halides is 2. The van der Waals surface area contributed by atoms with E-state index in [-0.39, 0.29) is 6.54 Å². The molecule has 0 amide bonds. The van der Waals surface area contributed by atoms with Gasteiger partial charge in [-0.25, -0.2) is 8.78 Å². The quantitative estimate of drug-likeness (QED) is 0.625. The summed E-state index contributed by atoms with van der Waals surface area (Å²) in [6.07, 6.45) is 1.92. The Kier molecular flexibility index (Phi) is 7.67. The smallest absolute Gasteiger partial charge is 0.251 e. The van der Waals surface area contributed by atoms with Crippen molar-refractivity contribution < 1.29 is 8.78 Å². The van der Waals surface area contributed by atoms with Gasteiger partial charge in [0.2, 0.25) is 0 Å². The molecule has 0 aromatic carbocycles. The zero-order valence-corrected chi connectivity index (χ0v) is 9.39. The molecule has 0 saturated heterocycles. The fraction of sp³-hybridized carbons (Fsp3) is 0.818. The summed E-state index contributed by atoms with van der Waals surface area (Å²) < 4.78 is 24.0. The number of hydrogen-bond acceptors (Lipinski definition) is 1. The van der Waals surface area contributed by atoms with E-state index in [9.17, 15) is 8.78 Å². The van der Waals surface area contributed by atoms with E-state index in [1.165, 1.54) is 5.57 Å². The van der Waals surface area contributed by atoms with Crippen molar-refractivity contribution in [2.45, 2.75) is 40.0 Å². The number of halogens is 2. The summed E-state index contributed by atoms with van der Waals surface area (Å²) in [4.78, 5) is 1.81. The van der Waals surface area contributed by atoms with Gasteiger partial charge < -0.3 is 0 Å². The van der Waals surface area contributed by atoms with E-state index in [0.717, 1.165) is 19.4 Å². The lowest BCUT2D eigenvalue weighted by molar-refractivity contribution is 0.0942. The van der Waals surface area contributed by atoms with Crippen molar-refractivity contribution in [2.75, 3.05) is 19.6 Å². The maximum atomic E-state index is 12.0. The lowest BCUT2D eigenvalue weighted by atomic mass is 10.2. The molecule has 1 heterocycles. The second kappa shape index (κ2) is 7.92. The van der Waals surface area contributed by atoms with E-state index >= 15 is 0 Å². The van der Waals surface area contributed by atoms with Crippen LogP contribution in [0.25, 0.3) is 0 Å². The van der Waals surface area contributed by atoms with Crippen LogP contribution in [0.4, 0.5) is 8.78 Å². The second-order valence-electron chi connectivity index (χ2n) is 3.30. The summed E-state index contributed by atoms with van der Waals surface area (Å²) >= 11 is 0. The van der Waals surface area contributed by atoms with Gasteiger partial charge in [-0.2, -0.15) is 0 Å². The number of allylic oxidation sites excluding steroid dienone is 1. The van der Waals surface area contributed by atoms with Crippen LogP contribution in [0.3, 0.4) is 0 Å². The number of hydrogen-bond donors (Lipinski definition) is 0. The maximum absolute atomic E-state index is 12.0. The number of rotatable bonds is 2. The van der Waals surface area contributed by atoms with Crippen LogP contribution in [-0.4, -0.2) is 31.0 Å². The molecule has 0 fully saturated rings. The van der Waals surface area contributed by atoms with Crippen LogP contribution in [0.5, 0.6) is 0 Å². The lowest BCUT2D eigenvalue weighted by Crippen LogP contribution is -2.29. The van der Waals surface area contributed by atoms with Gasteiger partial charge in [0.15, 0.2) is 0 Å². The molecule has 1 rings (SSSR count). The molecule has 0 spiro atoms. The van der Waals surface area contributed by atoms with Crippen molar-refractivity contribution in [3.05, 3.63) is 11.6 Å². The minimum atomic E-state index is -2.20. The van der Waals surface area contributed by atoms with Crippen LogP contribution in [0.2, 0.25) is 0 Å². The van der Waals surface area contributed by atoms with Crippen molar-refractivity contribution in [3.8, 4) is 0 Å². The first-order chi connectivity index (χ1) is 6.68. The van der Waals surface area contributed by atoms with Gasteiger partial charge in [0.05, 0.1) is 6.54 Å². The average molecular weight is 205 g/mol. The Labute approximate surface area is 85.8 Å². The van der Waals surface area contributed by atoms with Crippen LogP contribution in [-0.2, 0) is 0 Å². The Balaban J connectivity index is 0.000000791.